The number of aromatic nitrogens is 2. The zero-order valence-electron chi connectivity index (χ0n) is 25.1. The van der Waals surface area contributed by atoms with E-state index in [1.807, 2.05) is 30.3 Å². The van der Waals surface area contributed by atoms with E-state index in [1.54, 1.807) is 18.2 Å². The molecule has 4 nitrogen and oxygen atoms in total. The molecule has 222 valence electrons. The average molecular weight is 623 g/mol. The Bertz CT molecular complexity index is 2840. The monoisotopic (exact) mass is 622 g/mol. The molecule has 0 saturated carbocycles. The zero-order chi connectivity index (χ0) is 31.3. The van der Waals surface area contributed by atoms with Gasteiger partial charge < -0.3 is 9.13 Å². The van der Waals surface area contributed by atoms with E-state index in [1.165, 1.54) is 21.9 Å². The fourth-order valence-corrected chi connectivity index (χ4v) is 9.28. The quantitative estimate of drug-likeness (QED) is 0.197. The summed E-state index contributed by atoms with van der Waals surface area (Å²) in [6, 6.07) is 53.9. The molecule has 5 heteroatoms. The van der Waals surface area contributed by atoms with E-state index in [0.717, 1.165) is 55.3 Å². The summed E-state index contributed by atoms with van der Waals surface area (Å²) in [6.45, 7) is 0. The Morgan fingerprint density at radius 1 is 0.383 bits per heavy atom. The van der Waals surface area contributed by atoms with Crippen LogP contribution >= 0.6 is 0 Å². The number of sulfone groups is 1. The number of rotatable bonds is 3. The summed E-state index contributed by atoms with van der Waals surface area (Å²) < 4.78 is 31.6. The number of hydrogen-bond acceptors (Lipinski definition) is 2. The van der Waals surface area contributed by atoms with E-state index in [9.17, 15) is 8.42 Å². The van der Waals surface area contributed by atoms with Crippen molar-refractivity contribution in [3.8, 4) is 33.6 Å². The van der Waals surface area contributed by atoms with Crippen molar-refractivity contribution < 1.29 is 8.42 Å². The highest BCUT2D eigenvalue weighted by atomic mass is 32.2. The summed E-state index contributed by atoms with van der Waals surface area (Å²) in [4.78, 5) is 0.733. The standard InChI is InChI=1S/C42H26N2O2S/c45-47(46)39-17-9-6-14-33(39)36-26-30(22-25-40(36)47)44-38-16-8-5-13-32(38)35-24-23-34-31-12-4-7-15-37(31)43(41(34)42(35)44)29-20-18-28(19-21-29)27-10-2-1-3-11-27/h1-26H. The van der Waals surface area contributed by atoms with Gasteiger partial charge in [0, 0.05) is 44.0 Å². The van der Waals surface area contributed by atoms with Crippen molar-refractivity contribution in [3.05, 3.63) is 158 Å². The van der Waals surface area contributed by atoms with Crippen LogP contribution in [-0.4, -0.2) is 17.6 Å². The summed E-state index contributed by atoms with van der Waals surface area (Å²) in [5.74, 6) is 0. The second-order valence-corrected chi connectivity index (χ2v) is 14.0. The van der Waals surface area contributed by atoms with E-state index in [0.29, 0.717) is 9.79 Å². The van der Waals surface area contributed by atoms with Crippen molar-refractivity contribution >= 4 is 53.4 Å². The first-order valence-electron chi connectivity index (χ1n) is 15.7. The first-order valence-corrected chi connectivity index (χ1v) is 17.2. The van der Waals surface area contributed by atoms with Crippen molar-refractivity contribution in [1.82, 2.24) is 9.13 Å². The number of fused-ring (bicyclic) bond motifs is 10. The molecule has 3 heterocycles. The molecule has 0 atom stereocenters. The predicted octanol–water partition coefficient (Wildman–Crippen LogP) is 10.4. The van der Waals surface area contributed by atoms with Crippen molar-refractivity contribution in [2.45, 2.75) is 9.79 Å². The van der Waals surface area contributed by atoms with Gasteiger partial charge in [0.2, 0.25) is 9.84 Å². The minimum absolute atomic E-state index is 0.362. The first-order chi connectivity index (χ1) is 23.1. The molecule has 0 bridgehead atoms. The van der Waals surface area contributed by atoms with Crippen LogP contribution in [0.5, 0.6) is 0 Å². The largest absolute Gasteiger partial charge is 0.307 e. The highest BCUT2D eigenvalue weighted by molar-refractivity contribution is 7.92. The molecule has 9 aromatic rings. The first kappa shape index (κ1) is 26.3. The van der Waals surface area contributed by atoms with Crippen LogP contribution < -0.4 is 0 Å². The van der Waals surface area contributed by atoms with Crippen LogP contribution in [0.4, 0.5) is 0 Å². The van der Waals surface area contributed by atoms with Crippen molar-refractivity contribution in [1.29, 1.82) is 0 Å². The van der Waals surface area contributed by atoms with E-state index < -0.39 is 9.84 Å². The van der Waals surface area contributed by atoms with Crippen LogP contribution in [0.1, 0.15) is 0 Å². The molecule has 10 rings (SSSR count). The second kappa shape index (κ2) is 9.55. The molecule has 47 heavy (non-hydrogen) atoms. The molecular weight excluding hydrogens is 597 g/mol. The Hall–Kier alpha value is -5.91. The van der Waals surface area contributed by atoms with Gasteiger partial charge in [-0.15, -0.1) is 0 Å². The third-order valence-electron chi connectivity index (χ3n) is 9.68. The topological polar surface area (TPSA) is 44.0 Å². The van der Waals surface area contributed by atoms with Gasteiger partial charge in [0.1, 0.15) is 0 Å². The molecule has 1 aliphatic heterocycles. The lowest BCUT2D eigenvalue weighted by atomic mass is 10.1. The molecule has 0 spiro atoms. The molecule has 7 aromatic carbocycles. The van der Waals surface area contributed by atoms with E-state index >= 15 is 0 Å². The van der Waals surface area contributed by atoms with Crippen LogP contribution in [-0.2, 0) is 9.84 Å². The number of benzene rings is 7. The van der Waals surface area contributed by atoms with Gasteiger partial charge in [0.15, 0.2) is 0 Å². The second-order valence-electron chi connectivity index (χ2n) is 12.2. The Morgan fingerprint density at radius 2 is 0.894 bits per heavy atom. The maximum Gasteiger partial charge on any atom is 0.207 e. The lowest BCUT2D eigenvalue weighted by Gasteiger charge is -2.14. The molecular formula is C42H26N2O2S. The lowest BCUT2D eigenvalue weighted by molar-refractivity contribution is 0.598. The summed E-state index contributed by atoms with van der Waals surface area (Å²) in [7, 11) is -3.57. The smallest absolute Gasteiger partial charge is 0.207 e. The predicted molar refractivity (Wildman–Crippen MR) is 191 cm³/mol. The molecule has 0 fully saturated rings. The summed E-state index contributed by atoms with van der Waals surface area (Å²) in [5.41, 5.74) is 10.2. The Labute approximate surface area is 271 Å². The van der Waals surface area contributed by atoms with Crippen molar-refractivity contribution in [2.75, 3.05) is 0 Å². The number of hydrogen-bond donors (Lipinski definition) is 0. The highest BCUT2D eigenvalue weighted by Crippen LogP contribution is 2.46. The summed E-state index contributed by atoms with van der Waals surface area (Å²) in [6.07, 6.45) is 0. The molecule has 2 aromatic heterocycles. The molecule has 1 aliphatic rings. The average Bonchev–Trinajstić information content (AvgIpc) is 3.72. The van der Waals surface area contributed by atoms with Gasteiger partial charge in [-0.05, 0) is 59.7 Å². The van der Waals surface area contributed by atoms with Gasteiger partial charge in [-0.25, -0.2) is 8.42 Å². The van der Waals surface area contributed by atoms with E-state index in [2.05, 4.69) is 118 Å². The molecule has 0 radical (unpaired) electrons. The molecule has 0 aliphatic carbocycles. The maximum atomic E-state index is 13.5. The Balaban J connectivity index is 1.32. The summed E-state index contributed by atoms with van der Waals surface area (Å²) in [5, 5.41) is 4.64. The third kappa shape index (κ3) is 3.60. The number of nitrogens with zero attached hydrogens (tertiary/aromatic N) is 2. The zero-order valence-corrected chi connectivity index (χ0v) is 25.9. The van der Waals surface area contributed by atoms with Gasteiger partial charge in [0.25, 0.3) is 0 Å². The lowest BCUT2D eigenvalue weighted by Crippen LogP contribution is -2.00. The molecule has 0 amide bonds. The Kier molecular flexibility index (Phi) is 5.35. The maximum absolute atomic E-state index is 13.5. The molecule has 0 saturated heterocycles. The SMILES string of the molecule is O=S1(=O)c2ccccc2-c2cc(-n3c4ccccc4c4ccc5c6ccccc6n(-c6ccc(-c7ccccc7)cc6)c5c43)ccc21. The van der Waals surface area contributed by atoms with E-state index in [4.69, 9.17) is 0 Å². The van der Waals surface area contributed by atoms with Crippen molar-refractivity contribution in [2.24, 2.45) is 0 Å². The minimum Gasteiger partial charge on any atom is -0.307 e. The van der Waals surface area contributed by atoms with Crippen LogP contribution in [0.2, 0.25) is 0 Å². The van der Waals surface area contributed by atoms with E-state index in [-0.39, 0.29) is 0 Å². The number of para-hydroxylation sites is 2. The fraction of sp³-hybridized carbons (Fsp3) is 0. The Morgan fingerprint density at radius 3 is 1.57 bits per heavy atom. The van der Waals surface area contributed by atoms with Gasteiger partial charge in [-0.3, -0.25) is 0 Å². The van der Waals surface area contributed by atoms with Crippen LogP contribution in [0.25, 0.3) is 77.2 Å². The minimum atomic E-state index is -3.57. The normalized spacial score (nSPS) is 13.4. The van der Waals surface area contributed by atoms with Crippen LogP contribution in [0.3, 0.4) is 0 Å². The van der Waals surface area contributed by atoms with Gasteiger partial charge in [-0.1, -0.05) is 109 Å². The highest BCUT2D eigenvalue weighted by Gasteiger charge is 2.33. The molecule has 0 unspecified atom stereocenters. The van der Waals surface area contributed by atoms with Crippen LogP contribution in [0.15, 0.2) is 168 Å². The third-order valence-corrected chi connectivity index (χ3v) is 11.5. The van der Waals surface area contributed by atoms with Crippen molar-refractivity contribution in [3.63, 3.8) is 0 Å². The fourth-order valence-electron chi connectivity index (χ4n) is 7.61. The van der Waals surface area contributed by atoms with Gasteiger partial charge in [-0.2, -0.15) is 0 Å². The summed E-state index contributed by atoms with van der Waals surface area (Å²) >= 11 is 0. The molecule has 0 N–H and O–H groups in total. The van der Waals surface area contributed by atoms with Gasteiger partial charge in [0.05, 0.1) is 31.9 Å². The van der Waals surface area contributed by atoms with Crippen LogP contribution in [0, 0.1) is 0 Å². The van der Waals surface area contributed by atoms with Gasteiger partial charge >= 0.3 is 0 Å².